The van der Waals surface area contributed by atoms with Crippen molar-refractivity contribution in [3.63, 3.8) is 0 Å². The van der Waals surface area contributed by atoms with Gasteiger partial charge in [-0.15, -0.1) is 12.4 Å². The second kappa shape index (κ2) is 9.62. The zero-order valence-corrected chi connectivity index (χ0v) is 15.5. The number of carbonyl (C=O) groups is 2. The van der Waals surface area contributed by atoms with Crippen LogP contribution in [0.4, 0.5) is 0 Å². The molecule has 1 saturated carbocycles. The van der Waals surface area contributed by atoms with Crippen molar-refractivity contribution in [1.29, 1.82) is 0 Å². The molecule has 6 heteroatoms. The molecule has 24 heavy (non-hydrogen) atoms. The lowest BCUT2D eigenvalue weighted by Crippen LogP contribution is -2.51. The van der Waals surface area contributed by atoms with Gasteiger partial charge >= 0.3 is 0 Å². The molecule has 3 aliphatic rings. The third-order valence-electron chi connectivity index (χ3n) is 5.81. The first-order valence-electron chi connectivity index (χ1n) is 9.51. The van der Waals surface area contributed by atoms with Gasteiger partial charge in [-0.2, -0.15) is 0 Å². The van der Waals surface area contributed by atoms with Crippen LogP contribution in [0.25, 0.3) is 0 Å². The Bertz CT molecular complexity index is 412. The Balaban J connectivity index is 0.00000208. The molecule has 2 saturated heterocycles. The van der Waals surface area contributed by atoms with Gasteiger partial charge in [0.1, 0.15) is 0 Å². The Kier molecular flexibility index (Phi) is 7.82. The molecule has 138 valence electrons. The summed E-state index contributed by atoms with van der Waals surface area (Å²) < 4.78 is 0. The fourth-order valence-corrected chi connectivity index (χ4v) is 4.26. The van der Waals surface area contributed by atoms with Gasteiger partial charge in [0, 0.05) is 45.1 Å². The Morgan fingerprint density at radius 2 is 1.50 bits per heavy atom. The number of hydrogen-bond donors (Lipinski definition) is 1. The molecule has 0 radical (unpaired) electrons. The van der Waals surface area contributed by atoms with Crippen LogP contribution in [-0.4, -0.2) is 60.4 Å². The van der Waals surface area contributed by atoms with Crippen LogP contribution in [0.1, 0.15) is 57.8 Å². The Morgan fingerprint density at radius 1 is 0.875 bits per heavy atom. The lowest BCUT2D eigenvalue weighted by Gasteiger charge is -2.35. The fraction of sp³-hybridized carbons (Fsp3) is 0.889. The highest BCUT2D eigenvalue weighted by Gasteiger charge is 2.27. The van der Waals surface area contributed by atoms with Gasteiger partial charge < -0.3 is 15.1 Å². The number of halogens is 1. The number of amides is 2. The molecule has 5 nitrogen and oxygen atoms in total. The van der Waals surface area contributed by atoms with E-state index in [2.05, 4.69) is 5.32 Å². The van der Waals surface area contributed by atoms with E-state index in [0.717, 1.165) is 25.3 Å². The monoisotopic (exact) mass is 357 g/mol. The normalized spacial score (nSPS) is 24.9. The zero-order chi connectivity index (χ0) is 16.1. The minimum absolute atomic E-state index is 0. The maximum atomic E-state index is 12.3. The van der Waals surface area contributed by atoms with Crippen LogP contribution in [0, 0.1) is 5.92 Å². The van der Waals surface area contributed by atoms with Crippen LogP contribution in [0.5, 0.6) is 0 Å². The van der Waals surface area contributed by atoms with Crippen LogP contribution in [0.2, 0.25) is 0 Å². The van der Waals surface area contributed by atoms with Crippen molar-refractivity contribution >= 4 is 24.2 Å². The summed E-state index contributed by atoms with van der Waals surface area (Å²) in [7, 11) is 0. The van der Waals surface area contributed by atoms with Gasteiger partial charge in [0.2, 0.25) is 11.8 Å². The van der Waals surface area contributed by atoms with Gasteiger partial charge in [0.15, 0.2) is 0 Å². The zero-order valence-electron chi connectivity index (χ0n) is 14.7. The van der Waals surface area contributed by atoms with Crippen LogP contribution < -0.4 is 5.32 Å². The van der Waals surface area contributed by atoms with Gasteiger partial charge in [-0.3, -0.25) is 9.59 Å². The lowest BCUT2D eigenvalue weighted by molar-refractivity contribution is -0.140. The summed E-state index contributed by atoms with van der Waals surface area (Å²) in [6, 6.07) is 0.369. The van der Waals surface area contributed by atoms with Gasteiger partial charge in [-0.25, -0.2) is 0 Å². The number of nitrogens with one attached hydrogen (secondary N) is 1. The first kappa shape index (κ1) is 19.5. The highest BCUT2D eigenvalue weighted by molar-refractivity contribution is 5.85. The van der Waals surface area contributed by atoms with E-state index in [1.165, 1.54) is 32.1 Å². The topological polar surface area (TPSA) is 52.7 Å². The molecular formula is C18H32ClN3O2. The van der Waals surface area contributed by atoms with Gasteiger partial charge in [0.25, 0.3) is 0 Å². The number of carbonyl (C=O) groups excluding carboxylic acids is 2. The third kappa shape index (κ3) is 5.35. The average Bonchev–Trinajstić information content (AvgIpc) is 3.26. The fourth-order valence-electron chi connectivity index (χ4n) is 4.26. The number of hydrogen-bond acceptors (Lipinski definition) is 3. The molecule has 0 spiro atoms. The van der Waals surface area contributed by atoms with Crippen LogP contribution in [-0.2, 0) is 9.59 Å². The van der Waals surface area contributed by atoms with E-state index in [-0.39, 0.29) is 18.3 Å². The standard InChI is InChI=1S/C18H31N3O2.ClH/c22-17(8-7-15-4-1-2-5-15)20-10-12-21(13-11-20)18(23)14-16-6-3-9-19-16;/h15-16,19H,1-14H2;1H. The van der Waals surface area contributed by atoms with Gasteiger partial charge in [-0.05, 0) is 31.7 Å². The summed E-state index contributed by atoms with van der Waals surface area (Å²) in [5, 5.41) is 3.38. The SMILES string of the molecule is Cl.O=C(CCC1CCCC1)N1CCN(C(=O)CC2CCCN2)CC1. The van der Waals surface area contributed by atoms with E-state index >= 15 is 0 Å². The van der Waals surface area contributed by atoms with Crippen LogP contribution in [0.15, 0.2) is 0 Å². The molecule has 2 heterocycles. The van der Waals surface area contributed by atoms with Crippen molar-refractivity contribution in [1.82, 2.24) is 15.1 Å². The summed E-state index contributed by atoms with van der Waals surface area (Å²) in [6.45, 7) is 3.89. The maximum Gasteiger partial charge on any atom is 0.224 e. The van der Waals surface area contributed by atoms with Crippen LogP contribution >= 0.6 is 12.4 Å². The van der Waals surface area contributed by atoms with Crippen molar-refractivity contribution in [3.05, 3.63) is 0 Å². The number of rotatable bonds is 5. The molecule has 3 fully saturated rings. The predicted octanol–water partition coefficient (Wildman–Crippen LogP) is 2.19. The van der Waals surface area contributed by atoms with E-state index in [9.17, 15) is 9.59 Å². The lowest BCUT2D eigenvalue weighted by atomic mass is 10.0. The molecular weight excluding hydrogens is 326 g/mol. The van der Waals surface area contributed by atoms with E-state index in [1.54, 1.807) is 0 Å². The quantitative estimate of drug-likeness (QED) is 0.820. The minimum atomic E-state index is 0. The highest BCUT2D eigenvalue weighted by atomic mass is 35.5. The van der Waals surface area contributed by atoms with Crippen molar-refractivity contribution < 1.29 is 9.59 Å². The molecule has 0 aromatic rings. The molecule has 1 N–H and O–H groups in total. The molecule has 0 aromatic carbocycles. The molecule has 3 rings (SSSR count). The van der Waals surface area contributed by atoms with E-state index in [4.69, 9.17) is 0 Å². The average molecular weight is 358 g/mol. The highest BCUT2D eigenvalue weighted by Crippen LogP contribution is 2.28. The minimum Gasteiger partial charge on any atom is -0.339 e. The summed E-state index contributed by atoms with van der Waals surface area (Å²) in [5.41, 5.74) is 0. The molecule has 1 atom stereocenters. The van der Waals surface area contributed by atoms with E-state index in [0.29, 0.717) is 51.0 Å². The largest absolute Gasteiger partial charge is 0.339 e. The summed E-state index contributed by atoms with van der Waals surface area (Å²) in [6.07, 6.45) is 9.98. The molecule has 1 aliphatic carbocycles. The smallest absolute Gasteiger partial charge is 0.224 e. The Morgan fingerprint density at radius 3 is 2.08 bits per heavy atom. The summed E-state index contributed by atoms with van der Waals surface area (Å²) in [4.78, 5) is 28.5. The second-order valence-corrected chi connectivity index (χ2v) is 7.45. The van der Waals surface area contributed by atoms with Gasteiger partial charge in [0.05, 0.1) is 0 Å². The Labute approximate surface area is 151 Å². The molecule has 0 aromatic heterocycles. The van der Waals surface area contributed by atoms with Crippen molar-refractivity contribution in [2.45, 2.75) is 63.8 Å². The first-order chi connectivity index (χ1) is 11.2. The van der Waals surface area contributed by atoms with Crippen LogP contribution in [0.3, 0.4) is 0 Å². The van der Waals surface area contributed by atoms with E-state index in [1.807, 2.05) is 9.80 Å². The molecule has 2 amide bonds. The maximum absolute atomic E-state index is 12.3. The molecule has 2 aliphatic heterocycles. The number of piperazine rings is 1. The second-order valence-electron chi connectivity index (χ2n) is 7.45. The van der Waals surface area contributed by atoms with E-state index < -0.39 is 0 Å². The summed E-state index contributed by atoms with van der Waals surface area (Å²) in [5.74, 6) is 1.32. The van der Waals surface area contributed by atoms with Crippen molar-refractivity contribution in [3.8, 4) is 0 Å². The molecule has 1 unspecified atom stereocenters. The van der Waals surface area contributed by atoms with Gasteiger partial charge in [-0.1, -0.05) is 25.7 Å². The van der Waals surface area contributed by atoms with Crippen molar-refractivity contribution in [2.75, 3.05) is 32.7 Å². The molecule has 0 bridgehead atoms. The summed E-state index contributed by atoms with van der Waals surface area (Å²) >= 11 is 0. The Hall–Kier alpha value is -0.810. The van der Waals surface area contributed by atoms with Crippen molar-refractivity contribution in [2.24, 2.45) is 5.92 Å². The predicted molar refractivity (Wildman–Crippen MR) is 97.2 cm³/mol. The third-order valence-corrected chi connectivity index (χ3v) is 5.81. The number of nitrogens with zero attached hydrogens (tertiary/aromatic N) is 2. The first-order valence-corrected chi connectivity index (χ1v) is 9.51.